The van der Waals surface area contributed by atoms with Gasteiger partial charge in [0.05, 0.1) is 12.4 Å². The number of thioether (sulfide) groups is 1. The summed E-state index contributed by atoms with van der Waals surface area (Å²) >= 11 is 1.81. The minimum Gasteiger partial charge on any atom is -0.368 e. The maximum Gasteiger partial charge on any atom is 0.199 e. The molecule has 15 heavy (non-hydrogen) atoms. The van der Waals surface area contributed by atoms with Crippen LogP contribution in [0.3, 0.4) is 0 Å². The maximum atomic E-state index is 4.06. The molecular formula is C8H12N6S. The van der Waals surface area contributed by atoms with Crippen LogP contribution in [0.15, 0.2) is 12.4 Å². The van der Waals surface area contributed by atoms with Gasteiger partial charge in [-0.15, -0.1) is 5.10 Å². The molecule has 0 fully saturated rings. The average Bonchev–Trinajstić information content (AvgIpc) is 2.74. The zero-order chi connectivity index (χ0) is 10.7. The fourth-order valence-corrected chi connectivity index (χ4v) is 1.38. The molecule has 1 N–H and O–H groups in total. The Morgan fingerprint density at radius 2 is 2.40 bits per heavy atom. The minimum atomic E-state index is 0.539. The highest BCUT2D eigenvalue weighted by Gasteiger charge is 2.04. The van der Waals surface area contributed by atoms with Crippen LogP contribution in [0.25, 0.3) is 5.65 Å². The van der Waals surface area contributed by atoms with Crippen LogP contribution in [0.4, 0.5) is 5.82 Å². The Labute approximate surface area is 91.5 Å². The number of nitrogens with zero attached hydrogens (tertiary/aromatic N) is 5. The van der Waals surface area contributed by atoms with Crippen molar-refractivity contribution in [3.8, 4) is 0 Å². The lowest BCUT2D eigenvalue weighted by atomic mass is 10.4. The summed E-state index contributed by atoms with van der Waals surface area (Å²) in [4.78, 5) is 4.06. The zero-order valence-corrected chi connectivity index (χ0v) is 9.40. The van der Waals surface area contributed by atoms with E-state index in [-0.39, 0.29) is 0 Å². The molecule has 2 aromatic rings. The summed E-state index contributed by atoms with van der Waals surface area (Å²) in [6, 6.07) is 0. The first-order valence-electron chi connectivity index (χ1n) is 4.60. The molecule has 1 unspecified atom stereocenters. The van der Waals surface area contributed by atoms with E-state index in [0.717, 1.165) is 12.4 Å². The molecule has 0 saturated carbocycles. The first-order valence-corrected chi connectivity index (χ1v) is 5.89. The van der Waals surface area contributed by atoms with Crippen molar-refractivity contribution in [2.24, 2.45) is 0 Å². The normalized spacial score (nSPS) is 12.9. The summed E-state index contributed by atoms with van der Waals surface area (Å²) in [6.45, 7) is 3.02. The number of aromatic nitrogens is 5. The van der Waals surface area contributed by atoms with E-state index >= 15 is 0 Å². The van der Waals surface area contributed by atoms with E-state index in [4.69, 9.17) is 0 Å². The Morgan fingerprint density at radius 3 is 3.20 bits per heavy atom. The van der Waals surface area contributed by atoms with Crippen LogP contribution in [-0.4, -0.2) is 43.1 Å². The second kappa shape index (κ2) is 4.43. The molecule has 80 valence electrons. The van der Waals surface area contributed by atoms with Crippen LogP contribution < -0.4 is 5.32 Å². The molecule has 2 rings (SSSR count). The van der Waals surface area contributed by atoms with Gasteiger partial charge in [-0.2, -0.15) is 16.3 Å². The highest BCUT2D eigenvalue weighted by atomic mass is 32.2. The number of anilines is 1. The van der Waals surface area contributed by atoms with Gasteiger partial charge in [-0.05, 0) is 16.7 Å². The van der Waals surface area contributed by atoms with Crippen molar-refractivity contribution in [1.82, 2.24) is 25.0 Å². The Kier molecular flexibility index (Phi) is 3.00. The van der Waals surface area contributed by atoms with Crippen LogP contribution in [0, 0.1) is 0 Å². The summed E-state index contributed by atoms with van der Waals surface area (Å²) in [6.07, 6.45) is 5.43. The van der Waals surface area contributed by atoms with Gasteiger partial charge < -0.3 is 5.32 Å². The standard InChI is InChI=1S/C8H12N6S/c1-6(15-2)3-10-7-4-9-5-8-11-12-13-14(7)8/h4-6,10H,3H2,1-2H3. The van der Waals surface area contributed by atoms with Crippen LogP contribution in [-0.2, 0) is 0 Å². The molecule has 6 nitrogen and oxygen atoms in total. The molecule has 0 radical (unpaired) electrons. The SMILES string of the molecule is CSC(C)CNc1cncc2nnnn12. The average molecular weight is 224 g/mol. The van der Waals surface area contributed by atoms with Crippen molar-refractivity contribution in [2.45, 2.75) is 12.2 Å². The van der Waals surface area contributed by atoms with E-state index in [2.05, 4.69) is 39.0 Å². The summed E-state index contributed by atoms with van der Waals surface area (Å²) in [5.74, 6) is 0.818. The highest BCUT2D eigenvalue weighted by Crippen LogP contribution is 2.09. The van der Waals surface area contributed by atoms with E-state index < -0.39 is 0 Å². The number of hydrogen-bond donors (Lipinski definition) is 1. The van der Waals surface area contributed by atoms with Crippen molar-refractivity contribution in [2.75, 3.05) is 18.1 Å². The van der Waals surface area contributed by atoms with E-state index in [0.29, 0.717) is 10.9 Å². The van der Waals surface area contributed by atoms with Gasteiger partial charge in [0, 0.05) is 11.8 Å². The summed E-state index contributed by atoms with van der Waals surface area (Å²) in [5, 5.41) is 15.1. The van der Waals surface area contributed by atoms with Gasteiger partial charge in [-0.25, -0.2) is 0 Å². The molecule has 0 aromatic carbocycles. The second-order valence-corrected chi connectivity index (χ2v) is 4.44. The monoisotopic (exact) mass is 224 g/mol. The van der Waals surface area contributed by atoms with Gasteiger partial charge >= 0.3 is 0 Å². The molecule has 0 amide bonds. The molecule has 2 heterocycles. The van der Waals surface area contributed by atoms with Crippen LogP contribution in [0.5, 0.6) is 0 Å². The number of nitrogens with one attached hydrogen (secondary N) is 1. The molecule has 7 heteroatoms. The van der Waals surface area contributed by atoms with Crippen molar-refractivity contribution in [3.05, 3.63) is 12.4 Å². The van der Waals surface area contributed by atoms with Gasteiger partial charge in [0.25, 0.3) is 0 Å². The first kappa shape index (κ1) is 10.2. The van der Waals surface area contributed by atoms with Crippen molar-refractivity contribution in [1.29, 1.82) is 0 Å². The lowest BCUT2D eigenvalue weighted by molar-refractivity contribution is 0.817. The Hall–Kier alpha value is -1.37. The van der Waals surface area contributed by atoms with Gasteiger partial charge in [0.15, 0.2) is 5.65 Å². The van der Waals surface area contributed by atoms with Crippen LogP contribution in [0.1, 0.15) is 6.92 Å². The largest absolute Gasteiger partial charge is 0.368 e. The Balaban J connectivity index is 2.17. The zero-order valence-electron chi connectivity index (χ0n) is 8.58. The second-order valence-electron chi connectivity index (χ2n) is 3.17. The summed E-state index contributed by atoms with van der Waals surface area (Å²) < 4.78 is 1.64. The fourth-order valence-electron chi connectivity index (χ4n) is 1.13. The van der Waals surface area contributed by atoms with Gasteiger partial charge in [-0.1, -0.05) is 6.92 Å². The van der Waals surface area contributed by atoms with Crippen molar-refractivity contribution < 1.29 is 0 Å². The Morgan fingerprint density at radius 1 is 1.53 bits per heavy atom. The van der Waals surface area contributed by atoms with Crippen LogP contribution in [0.2, 0.25) is 0 Å². The number of rotatable bonds is 4. The first-order chi connectivity index (χ1) is 7.31. The smallest absolute Gasteiger partial charge is 0.199 e. The summed E-state index contributed by atoms with van der Waals surface area (Å²) in [7, 11) is 0. The lowest BCUT2D eigenvalue weighted by Gasteiger charge is -2.10. The molecule has 0 bridgehead atoms. The van der Waals surface area contributed by atoms with Gasteiger partial charge in [-0.3, -0.25) is 4.98 Å². The Bertz CT molecular complexity index is 441. The molecule has 0 aliphatic carbocycles. The molecule has 0 spiro atoms. The molecule has 1 atom stereocenters. The molecule has 0 aliphatic rings. The topological polar surface area (TPSA) is 68.0 Å². The third-order valence-corrected chi connectivity index (χ3v) is 3.05. The predicted molar refractivity (Wildman–Crippen MR) is 60.0 cm³/mol. The van der Waals surface area contributed by atoms with Gasteiger partial charge in [0.1, 0.15) is 5.82 Å². The third kappa shape index (κ3) is 2.17. The highest BCUT2D eigenvalue weighted by molar-refractivity contribution is 7.99. The van der Waals surface area contributed by atoms with E-state index in [9.17, 15) is 0 Å². The molecule has 0 aliphatic heterocycles. The molecule has 0 saturated heterocycles. The number of tetrazole rings is 1. The summed E-state index contributed by atoms with van der Waals surface area (Å²) in [5.41, 5.74) is 0.650. The van der Waals surface area contributed by atoms with Crippen molar-refractivity contribution in [3.63, 3.8) is 0 Å². The molecule has 2 aromatic heterocycles. The lowest BCUT2D eigenvalue weighted by Crippen LogP contribution is -2.15. The van der Waals surface area contributed by atoms with Crippen molar-refractivity contribution >= 4 is 23.2 Å². The number of hydrogen-bond acceptors (Lipinski definition) is 6. The van der Waals surface area contributed by atoms with E-state index in [1.807, 2.05) is 11.8 Å². The van der Waals surface area contributed by atoms with E-state index in [1.165, 1.54) is 0 Å². The molecular weight excluding hydrogens is 212 g/mol. The van der Waals surface area contributed by atoms with Gasteiger partial charge in [0.2, 0.25) is 0 Å². The number of fused-ring (bicyclic) bond motifs is 1. The quantitative estimate of drug-likeness (QED) is 0.823. The maximum absolute atomic E-state index is 4.06. The third-order valence-electron chi connectivity index (χ3n) is 2.08. The minimum absolute atomic E-state index is 0.539. The van der Waals surface area contributed by atoms with E-state index in [1.54, 1.807) is 16.9 Å². The predicted octanol–water partition coefficient (Wildman–Crippen LogP) is 0.683. The fraction of sp³-hybridized carbons (Fsp3) is 0.500. The van der Waals surface area contributed by atoms with Crippen LogP contribution >= 0.6 is 11.8 Å².